The van der Waals surface area contributed by atoms with Gasteiger partial charge in [-0.1, -0.05) is 17.7 Å². The molecule has 1 aromatic carbocycles. The summed E-state index contributed by atoms with van der Waals surface area (Å²) in [5.74, 6) is 0.162. The Morgan fingerprint density at radius 1 is 1.43 bits per heavy atom. The second-order valence-electron chi connectivity index (χ2n) is 4.18. The number of phenolic OH excluding ortho intramolecular Hbond substituents is 1. The summed E-state index contributed by atoms with van der Waals surface area (Å²) in [7, 11) is 0. The van der Waals surface area contributed by atoms with E-state index in [1.54, 1.807) is 0 Å². The summed E-state index contributed by atoms with van der Waals surface area (Å²) in [6.45, 7) is 3.88. The van der Waals surface area contributed by atoms with E-state index in [0.717, 1.165) is 29.5 Å². The second kappa shape index (κ2) is 2.88. The maximum absolute atomic E-state index is 9.87. The maximum Gasteiger partial charge on any atom is 0.139 e. The maximum atomic E-state index is 9.87. The summed E-state index contributed by atoms with van der Waals surface area (Å²) in [4.78, 5) is 0. The Morgan fingerprint density at radius 3 is 2.50 bits per heavy atom. The minimum Gasteiger partial charge on any atom is -0.506 e. The molecule has 0 unspecified atom stereocenters. The van der Waals surface area contributed by atoms with Gasteiger partial charge in [0.25, 0.3) is 0 Å². The summed E-state index contributed by atoms with van der Waals surface area (Å²) in [5.41, 5.74) is 8.52. The van der Waals surface area contributed by atoms with Crippen LogP contribution in [0.1, 0.15) is 29.5 Å². The van der Waals surface area contributed by atoms with E-state index in [2.05, 4.69) is 0 Å². The van der Waals surface area contributed by atoms with Gasteiger partial charge in [-0.3, -0.25) is 0 Å². The van der Waals surface area contributed by atoms with Crippen LogP contribution in [0.2, 0.25) is 5.02 Å². The minimum atomic E-state index is -0.327. The van der Waals surface area contributed by atoms with E-state index < -0.39 is 0 Å². The Bertz CT molecular complexity index is 397. The number of benzene rings is 1. The predicted octanol–water partition coefficient (Wildman–Crippen LogP) is 2.61. The van der Waals surface area contributed by atoms with Crippen molar-refractivity contribution in [2.24, 2.45) is 5.73 Å². The molecule has 2 nitrogen and oxygen atoms in total. The van der Waals surface area contributed by atoms with Crippen LogP contribution >= 0.6 is 11.6 Å². The molecule has 1 saturated carbocycles. The Labute approximate surface area is 88.7 Å². The van der Waals surface area contributed by atoms with E-state index in [1.165, 1.54) is 0 Å². The molecule has 0 radical (unpaired) electrons. The van der Waals surface area contributed by atoms with Crippen molar-refractivity contribution in [2.75, 3.05) is 0 Å². The minimum absolute atomic E-state index is 0.162. The molecule has 1 aliphatic rings. The van der Waals surface area contributed by atoms with Crippen LogP contribution in [0.25, 0.3) is 0 Å². The van der Waals surface area contributed by atoms with Gasteiger partial charge in [0.1, 0.15) is 5.75 Å². The van der Waals surface area contributed by atoms with Gasteiger partial charge in [0.05, 0.1) is 5.02 Å². The summed E-state index contributed by atoms with van der Waals surface area (Å²) in [6, 6.07) is 1.95. The summed E-state index contributed by atoms with van der Waals surface area (Å²) in [6.07, 6.45) is 1.86. The average molecular weight is 212 g/mol. The van der Waals surface area contributed by atoms with E-state index in [1.807, 2.05) is 19.9 Å². The Hall–Kier alpha value is -0.730. The molecular weight excluding hydrogens is 198 g/mol. The zero-order valence-electron chi connectivity index (χ0n) is 8.39. The van der Waals surface area contributed by atoms with Gasteiger partial charge in [0, 0.05) is 11.1 Å². The van der Waals surface area contributed by atoms with Crippen LogP contribution in [0, 0.1) is 13.8 Å². The van der Waals surface area contributed by atoms with Crippen LogP contribution in [-0.2, 0) is 5.54 Å². The number of aryl methyl sites for hydroxylation is 1. The molecule has 0 aliphatic heterocycles. The first-order valence-corrected chi connectivity index (χ1v) is 5.11. The highest BCUT2D eigenvalue weighted by Crippen LogP contribution is 2.49. The smallest absolute Gasteiger partial charge is 0.139 e. The number of rotatable bonds is 1. The van der Waals surface area contributed by atoms with Gasteiger partial charge in [-0.15, -0.1) is 0 Å². The highest BCUT2D eigenvalue weighted by molar-refractivity contribution is 6.33. The van der Waals surface area contributed by atoms with Gasteiger partial charge in [-0.25, -0.2) is 0 Å². The van der Waals surface area contributed by atoms with Gasteiger partial charge in [-0.05, 0) is 37.8 Å². The standard InChI is InChI=1S/C11H14ClNO/c1-6-5-8(11(13)3-4-11)10(14)9(12)7(6)2/h5,14H,3-4,13H2,1-2H3. The zero-order chi connectivity index (χ0) is 10.5. The molecule has 1 fully saturated rings. The molecule has 0 bridgehead atoms. The third-order valence-corrected chi connectivity index (χ3v) is 3.53. The van der Waals surface area contributed by atoms with Crippen LogP contribution in [0.4, 0.5) is 0 Å². The van der Waals surface area contributed by atoms with Crippen molar-refractivity contribution in [1.29, 1.82) is 0 Å². The average Bonchev–Trinajstić information content (AvgIpc) is 2.87. The van der Waals surface area contributed by atoms with Crippen molar-refractivity contribution < 1.29 is 5.11 Å². The Balaban J connectivity index is 2.62. The zero-order valence-corrected chi connectivity index (χ0v) is 9.15. The number of nitrogens with two attached hydrogens (primary N) is 1. The highest BCUT2D eigenvalue weighted by Gasteiger charge is 2.42. The first kappa shape index (κ1) is 9.81. The number of phenols is 1. The lowest BCUT2D eigenvalue weighted by Crippen LogP contribution is -2.19. The normalized spacial score (nSPS) is 18.3. The van der Waals surface area contributed by atoms with Crippen molar-refractivity contribution >= 4 is 11.6 Å². The topological polar surface area (TPSA) is 46.2 Å². The van der Waals surface area contributed by atoms with Gasteiger partial charge < -0.3 is 10.8 Å². The quantitative estimate of drug-likeness (QED) is 0.750. The fourth-order valence-corrected chi connectivity index (χ4v) is 1.90. The Kier molecular flexibility index (Phi) is 2.02. The lowest BCUT2D eigenvalue weighted by atomic mass is 9.98. The van der Waals surface area contributed by atoms with Crippen LogP contribution in [-0.4, -0.2) is 5.11 Å². The second-order valence-corrected chi connectivity index (χ2v) is 4.56. The number of hydrogen-bond donors (Lipinski definition) is 2. The molecule has 14 heavy (non-hydrogen) atoms. The van der Waals surface area contributed by atoms with E-state index in [0.29, 0.717) is 5.02 Å². The number of halogens is 1. The molecule has 0 amide bonds. The van der Waals surface area contributed by atoms with Crippen molar-refractivity contribution in [3.63, 3.8) is 0 Å². The fourth-order valence-electron chi connectivity index (χ4n) is 1.65. The molecule has 0 spiro atoms. The van der Waals surface area contributed by atoms with Gasteiger partial charge in [0.2, 0.25) is 0 Å². The lowest BCUT2D eigenvalue weighted by Gasteiger charge is -2.15. The van der Waals surface area contributed by atoms with Crippen molar-refractivity contribution in [2.45, 2.75) is 32.2 Å². The molecule has 2 rings (SSSR count). The molecule has 1 aliphatic carbocycles. The third kappa shape index (κ3) is 1.30. The third-order valence-electron chi connectivity index (χ3n) is 3.07. The van der Waals surface area contributed by atoms with Crippen LogP contribution in [0.15, 0.2) is 6.07 Å². The molecule has 1 aromatic rings. The van der Waals surface area contributed by atoms with Crippen molar-refractivity contribution in [3.05, 3.63) is 27.8 Å². The summed E-state index contributed by atoms with van der Waals surface area (Å²) in [5, 5.41) is 10.3. The monoisotopic (exact) mass is 211 g/mol. The fraction of sp³-hybridized carbons (Fsp3) is 0.455. The molecule has 0 aromatic heterocycles. The van der Waals surface area contributed by atoms with Crippen LogP contribution in [0.5, 0.6) is 5.75 Å². The first-order chi connectivity index (χ1) is 6.46. The summed E-state index contributed by atoms with van der Waals surface area (Å²) < 4.78 is 0. The predicted molar refractivity (Wildman–Crippen MR) is 57.7 cm³/mol. The molecular formula is C11H14ClNO. The van der Waals surface area contributed by atoms with Crippen LogP contribution < -0.4 is 5.73 Å². The molecule has 76 valence electrons. The highest BCUT2D eigenvalue weighted by atomic mass is 35.5. The molecule has 0 saturated heterocycles. The van der Waals surface area contributed by atoms with Crippen molar-refractivity contribution in [3.8, 4) is 5.75 Å². The SMILES string of the molecule is Cc1cc(C2(N)CC2)c(O)c(Cl)c1C. The van der Waals surface area contributed by atoms with Crippen molar-refractivity contribution in [1.82, 2.24) is 0 Å². The van der Waals surface area contributed by atoms with Crippen LogP contribution in [0.3, 0.4) is 0 Å². The molecule has 0 heterocycles. The van der Waals surface area contributed by atoms with Gasteiger partial charge in [0.15, 0.2) is 0 Å². The summed E-state index contributed by atoms with van der Waals surface area (Å²) >= 11 is 6.02. The lowest BCUT2D eigenvalue weighted by molar-refractivity contribution is 0.459. The molecule has 0 atom stereocenters. The van der Waals surface area contributed by atoms with E-state index in [9.17, 15) is 5.11 Å². The largest absolute Gasteiger partial charge is 0.506 e. The number of aromatic hydroxyl groups is 1. The van der Waals surface area contributed by atoms with Gasteiger partial charge in [-0.2, -0.15) is 0 Å². The first-order valence-electron chi connectivity index (χ1n) is 4.74. The Morgan fingerprint density at radius 2 is 2.00 bits per heavy atom. The van der Waals surface area contributed by atoms with E-state index >= 15 is 0 Å². The molecule has 3 N–H and O–H groups in total. The molecule has 3 heteroatoms. The van der Waals surface area contributed by atoms with E-state index in [-0.39, 0.29) is 11.3 Å². The number of hydrogen-bond acceptors (Lipinski definition) is 2. The van der Waals surface area contributed by atoms with E-state index in [4.69, 9.17) is 17.3 Å². The van der Waals surface area contributed by atoms with Gasteiger partial charge >= 0.3 is 0 Å².